The second-order valence-corrected chi connectivity index (χ2v) is 17.6. The average Bonchev–Trinajstić information content (AvgIpc) is 3.89. The van der Waals surface area contributed by atoms with Gasteiger partial charge in [0.15, 0.2) is 0 Å². The Labute approximate surface area is 373 Å². The Hall–Kier alpha value is -8.66. The molecular formula is C62H37N3. The third-order valence-corrected chi connectivity index (χ3v) is 14.3. The lowest BCUT2D eigenvalue weighted by atomic mass is 9.91. The summed E-state index contributed by atoms with van der Waals surface area (Å²) in [5.41, 5.74) is 10.4. The Morgan fingerprint density at radius 3 is 1.32 bits per heavy atom. The van der Waals surface area contributed by atoms with Crippen molar-refractivity contribution in [3.8, 4) is 11.4 Å². The van der Waals surface area contributed by atoms with Crippen molar-refractivity contribution in [2.75, 3.05) is 4.90 Å². The highest BCUT2D eigenvalue weighted by molar-refractivity contribution is 6.29. The minimum atomic E-state index is 1.12. The van der Waals surface area contributed by atoms with Gasteiger partial charge in [-0.3, -0.25) is 0 Å². The maximum absolute atomic E-state index is 2.58. The summed E-state index contributed by atoms with van der Waals surface area (Å²) in [4.78, 5) is 2.58. The lowest BCUT2D eigenvalue weighted by Crippen LogP contribution is -2.13. The van der Waals surface area contributed by atoms with E-state index in [4.69, 9.17) is 0 Å². The van der Waals surface area contributed by atoms with Crippen molar-refractivity contribution in [1.29, 1.82) is 0 Å². The number of hydrogen-bond donors (Lipinski definition) is 0. The maximum Gasteiger partial charge on any atom is 0.0782 e. The molecule has 65 heavy (non-hydrogen) atoms. The van der Waals surface area contributed by atoms with Gasteiger partial charge in [-0.2, -0.15) is 0 Å². The van der Waals surface area contributed by atoms with E-state index in [-0.39, 0.29) is 0 Å². The molecule has 0 unspecified atom stereocenters. The van der Waals surface area contributed by atoms with Crippen LogP contribution in [0.5, 0.6) is 0 Å². The molecule has 13 aromatic carbocycles. The van der Waals surface area contributed by atoms with Crippen molar-refractivity contribution in [2.24, 2.45) is 0 Å². The second kappa shape index (κ2) is 12.9. The van der Waals surface area contributed by atoms with Crippen LogP contribution in [0.3, 0.4) is 0 Å². The van der Waals surface area contributed by atoms with Gasteiger partial charge in [-0.1, -0.05) is 164 Å². The van der Waals surface area contributed by atoms with Crippen molar-refractivity contribution in [3.63, 3.8) is 0 Å². The van der Waals surface area contributed by atoms with Crippen molar-refractivity contribution in [1.82, 2.24) is 9.13 Å². The lowest BCUT2D eigenvalue weighted by Gasteiger charge is -2.30. The van der Waals surface area contributed by atoms with E-state index in [0.717, 1.165) is 34.0 Å². The fourth-order valence-electron chi connectivity index (χ4n) is 11.6. The molecule has 0 radical (unpaired) electrons. The van der Waals surface area contributed by atoms with Gasteiger partial charge in [0.05, 0.1) is 39.1 Å². The monoisotopic (exact) mass is 823 g/mol. The molecule has 3 nitrogen and oxygen atoms in total. The Morgan fingerprint density at radius 1 is 0.246 bits per heavy atom. The average molecular weight is 824 g/mol. The molecule has 0 spiro atoms. The molecular weight excluding hydrogens is 787 g/mol. The number of rotatable bonds is 5. The van der Waals surface area contributed by atoms with Crippen molar-refractivity contribution < 1.29 is 0 Å². The van der Waals surface area contributed by atoms with Crippen LogP contribution < -0.4 is 4.90 Å². The van der Waals surface area contributed by atoms with Crippen LogP contribution in [-0.2, 0) is 0 Å². The van der Waals surface area contributed by atoms with Crippen LogP contribution in [0.2, 0.25) is 0 Å². The van der Waals surface area contributed by atoms with Gasteiger partial charge in [0.25, 0.3) is 0 Å². The molecule has 3 heteroatoms. The largest absolute Gasteiger partial charge is 0.309 e. The molecule has 0 saturated heterocycles. The molecule has 15 aromatic rings. The third kappa shape index (κ3) is 4.74. The van der Waals surface area contributed by atoms with Crippen LogP contribution in [0.4, 0.5) is 17.1 Å². The molecule has 0 aliphatic rings. The molecule has 0 N–H and O–H groups in total. The number of anilines is 3. The summed E-state index contributed by atoms with van der Waals surface area (Å²) in [6, 6.07) is 83.6. The summed E-state index contributed by atoms with van der Waals surface area (Å²) in [5.74, 6) is 0. The van der Waals surface area contributed by atoms with Crippen LogP contribution in [0.15, 0.2) is 224 Å². The molecule has 0 atom stereocenters. The topological polar surface area (TPSA) is 13.1 Å². The van der Waals surface area contributed by atoms with Gasteiger partial charge < -0.3 is 14.0 Å². The van der Waals surface area contributed by atoms with Gasteiger partial charge in [-0.15, -0.1) is 0 Å². The van der Waals surface area contributed by atoms with E-state index in [1.165, 1.54) is 103 Å². The molecule has 2 heterocycles. The number of fused-ring (bicyclic) bond motifs is 6. The SMILES string of the molecule is c1ccc(-n2c3ccccc3c3cc(-n4c5ccccc5c5cccc(N(c6ccc7ccc8cccc9ccc6c7c89)c6ccc7ccc8cccc9ccc6c7c89)c54)ccc32)cc1. The molecule has 0 fully saturated rings. The van der Waals surface area contributed by atoms with Crippen molar-refractivity contribution >= 4 is 125 Å². The summed E-state index contributed by atoms with van der Waals surface area (Å²) >= 11 is 0. The van der Waals surface area contributed by atoms with E-state index >= 15 is 0 Å². The van der Waals surface area contributed by atoms with E-state index in [2.05, 4.69) is 238 Å². The highest BCUT2D eigenvalue weighted by atomic mass is 15.2. The van der Waals surface area contributed by atoms with E-state index in [0.29, 0.717) is 0 Å². The second-order valence-electron chi connectivity index (χ2n) is 17.6. The van der Waals surface area contributed by atoms with E-state index < -0.39 is 0 Å². The summed E-state index contributed by atoms with van der Waals surface area (Å²) in [6.07, 6.45) is 0. The summed E-state index contributed by atoms with van der Waals surface area (Å²) in [5, 5.41) is 20.1. The predicted molar refractivity (Wildman–Crippen MR) is 277 cm³/mol. The third-order valence-electron chi connectivity index (χ3n) is 14.3. The van der Waals surface area contributed by atoms with Crippen molar-refractivity contribution in [3.05, 3.63) is 224 Å². The quantitative estimate of drug-likeness (QED) is 0.158. The fourth-order valence-corrected chi connectivity index (χ4v) is 11.6. The maximum atomic E-state index is 2.58. The molecule has 0 amide bonds. The fraction of sp³-hybridized carbons (Fsp3) is 0. The Kier molecular flexibility index (Phi) is 6.95. The molecule has 15 rings (SSSR count). The first-order valence-corrected chi connectivity index (χ1v) is 22.5. The first-order valence-electron chi connectivity index (χ1n) is 22.5. The minimum absolute atomic E-state index is 1.12. The Balaban J connectivity index is 1.08. The molecule has 300 valence electrons. The number of hydrogen-bond acceptors (Lipinski definition) is 1. The molecule has 0 saturated carbocycles. The highest BCUT2D eigenvalue weighted by Gasteiger charge is 2.26. The first kappa shape index (κ1) is 34.9. The van der Waals surface area contributed by atoms with Gasteiger partial charge >= 0.3 is 0 Å². The number of aromatic nitrogens is 2. The van der Waals surface area contributed by atoms with E-state index in [1.807, 2.05) is 0 Å². The van der Waals surface area contributed by atoms with Gasteiger partial charge in [-0.25, -0.2) is 0 Å². The number of benzene rings is 13. The molecule has 2 aromatic heterocycles. The summed E-state index contributed by atoms with van der Waals surface area (Å²) in [6.45, 7) is 0. The van der Waals surface area contributed by atoms with Crippen LogP contribution >= 0.6 is 0 Å². The van der Waals surface area contributed by atoms with Crippen molar-refractivity contribution in [2.45, 2.75) is 0 Å². The summed E-state index contributed by atoms with van der Waals surface area (Å²) < 4.78 is 4.92. The van der Waals surface area contributed by atoms with E-state index in [9.17, 15) is 0 Å². The normalized spacial score (nSPS) is 12.3. The van der Waals surface area contributed by atoms with Gasteiger partial charge in [0.1, 0.15) is 0 Å². The Morgan fingerprint density at radius 2 is 0.708 bits per heavy atom. The summed E-state index contributed by atoms with van der Waals surface area (Å²) in [7, 11) is 0. The zero-order chi connectivity index (χ0) is 42.3. The molecule has 0 aliphatic heterocycles. The first-order chi connectivity index (χ1) is 32.3. The standard InChI is InChI=1S/C62H37N3/c1-2-15-44(16-3-1)63-52-20-6-5-18-47(52)51-37-45(31-36-56(51)63)64-53-21-7-4-17-46(53)48-19-10-22-57(62(48)64)65(54-34-29-42-25-23-38-11-8-13-40-27-32-49(54)60(42)58(38)40)55-35-30-43-26-24-39-12-9-14-41-28-33-50(55)61(43)59(39)41/h1-37H. The smallest absolute Gasteiger partial charge is 0.0782 e. The van der Waals surface area contributed by atoms with Gasteiger partial charge in [-0.05, 0) is 115 Å². The molecule has 0 aliphatic carbocycles. The van der Waals surface area contributed by atoms with Crippen LogP contribution in [-0.4, -0.2) is 9.13 Å². The van der Waals surface area contributed by atoms with Gasteiger partial charge in [0.2, 0.25) is 0 Å². The highest BCUT2D eigenvalue weighted by Crippen LogP contribution is 2.50. The van der Waals surface area contributed by atoms with E-state index in [1.54, 1.807) is 0 Å². The Bertz CT molecular complexity index is 4240. The van der Waals surface area contributed by atoms with Gasteiger partial charge in [0, 0.05) is 43.7 Å². The zero-order valence-corrected chi connectivity index (χ0v) is 35.2. The minimum Gasteiger partial charge on any atom is -0.309 e. The lowest BCUT2D eigenvalue weighted by molar-refractivity contribution is 1.16. The number of para-hydroxylation sites is 4. The van der Waals surface area contributed by atoms with Crippen LogP contribution in [0, 0.1) is 0 Å². The predicted octanol–water partition coefficient (Wildman–Crippen LogP) is 17.1. The zero-order valence-electron chi connectivity index (χ0n) is 35.2. The molecule has 0 bridgehead atoms. The van der Waals surface area contributed by atoms with Crippen LogP contribution in [0.1, 0.15) is 0 Å². The number of nitrogens with zero attached hydrogens (tertiary/aromatic N) is 3. The van der Waals surface area contributed by atoms with Crippen LogP contribution in [0.25, 0.3) is 120 Å².